The summed E-state index contributed by atoms with van der Waals surface area (Å²) in [7, 11) is 0. The third kappa shape index (κ3) is 3.88. The molecule has 0 saturated heterocycles. The van der Waals surface area contributed by atoms with Crippen LogP contribution in [0.4, 0.5) is 0 Å². The summed E-state index contributed by atoms with van der Waals surface area (Å²) in [6, 6.07) is 6.92. The number of aromatic carboxylic acids is 2. The van der Waals surface area contributed by atoms with Gasteiger partial charge in [-0.25, -0.2) is 0 Å². The van der Waals surface area contributed by atoms with Crippen molar-refractivity contribution in [1.82, 2.24) is 0 Å². The van der Waals surface area contributed by atoms with E-state index in [2.05, 4.69) is 0 Å². The van der Waals surface area contributed by atoms with Crippen molar-refractivity contribution in [2.24, 2.45) is 0 Å². The van der Waals surface area contributed by atoms with E-state index in [0.717, 1.165) is 24.3 Å². The molecule has 0 spiro atoms. The molecule has 8 heteroatoms. The predicted octanol–water partition coefficient (Wildman–Crippen LogP) is -6.80. The molecule has 1 aliphatic rings. The van der Waals surface area contributed by atoms with Crippen molar-refractivity contribution in [3.05, 3.63) is 69.8 Å². The zero-order valence-electron chi connectivity index (χ0n) is 12.9. The molecule has 1 aliphatic carbocycles. The minimum Gasteiger partial charge on any atom is -0.545 e. The Labute approximate surface area is 221 Å². The molecule has 3 rings (SSSR count). The maximum absolute atomic E-state index is 12.4. The first-order chi connectivity index (χ1) is 10.4. The first-order valence-electron chi connectivity index (χ1n) is 6.20. The molecule has 2 aromatic rings. The molecule has 6 nitrogen and oxygen atoms in total. The van der Waals surface area contributed by atoms with Crippen molar-refractivity contribution >= 4 is 23.5 Å². The molecular formula is C16H6K2O6. The summed E-state index contributed by atoms with van der Waals surface area (Å²) < 4.78 is 0. The van der Waals surface area contributed by atoms with Crippen molar-refractivity contribution in [1.29, 1.82) is 0 Å². The van der Waals surface area contributed by atoms with Crippen LogP contribution in [-0.2, 0) is 0 Å². The molecule has 108 valence electrons. The minimum absolute atomic E-state index is 0. The van der Waals surface area contributed by atoms with Crippen LogP contribution in [0.3, 0.4) is 0 Å². The van der Waals surface area contributed by atoms with Gasteiger partial charge in [-0.15, -0.1) is 0 Å². The van der Waals surface area contributed by atoms with Crippen molar-refractivity contribution in [3.63, 3.8) is 0 Å². The zero-order valence-corrected chi connectivity index (χ0v) is 19.2. The minimum atomic E-state index is -1.46. The molecule has 24 heavy (non-hydrogen) atoms. The monoisotopic (exact) mass is 372 g/mol. The van der Waals surface area contributed by atoms with Crippen molar-refractivity contribution in [3.8, 4) is 0 Å². The van der Waals surface area contributed by atoms with Gasteiger partial charge in [0.2, 0.25) is 0 Å². The van der Waals surface area contributed by atoms with E-state index in [1.165, 1.54) is 12.1 Å². The fraction of sp³-hybridized carbons (Fsp3) is 0. The van der Waals surface area contributed by atoms with Crippen LogP contribution < -0.4 is 113 Å². The first-order valence-corrected chi connectivity index (χ1v) is 6.20. The van der Waals surface area contributed by atoms with Crippen molar-refractivity contribution < 1.29 is 132 Å². The van der Waals surface area contributed by atoms with Crippen LogP contribution >= 0.6 is 0 Å². The molecule has 0 heterocycles. The Balaban J connectivity index is 0.00000144. The van der Waals surface area contributed by atoms with Gasteiger partial charge in [0.1, 0.15) is 0 Å². The first kappa shape index (κ1) is 22.0. The number of rotatable bonds is 2. The van der Waals surface area contributed by atoms with E-state index in [1.807, 2.05) is 0 Å². The number of benzene rings is 2. The molecule has 0 unspecified atom stereocenters. The van der Waals surface area contributed by atoms with Gasteiger partial charge in [0, 0.05) is 22.3 Å². The number of carbonyl (C=O) groups is 4. The number of carboxylic acids is 2. The average Bonchev–Trinajstić information content (AvgIpc) is 2.51. The maximum atomic E-state index is 12.4. The van der Waals surface area contributed by atoms with Gasteiger partial charge in [0.05, 0.1) is 11.9 Å². The number of ketones is 2. The third-order valence-corrected chi connectivity index (χ3v) is 3.49. The van der Waals surface area contributed by atoms with E-state index in [9.17, 15) is 29.4 Å². The molecule has 0 aliphatic heterocycles. The van der Waals surface area contributed by atoms with Gasteiger partial charge in [-0.3, -0.25) is 9.59 Å². The molecule has 0 N–H and O–H groups in total. The molecule has 0 fully saturated rings. The Hall–Kier alpha value is -0.00727. The molecule has 0 atom stereocenters. The number of hydrogen-bond donors (Lipinski definition) is 0. The summed E-state index contributed by atoms with van der Waals surface area (Å²) >= 11 is 0. The second kappa shape index (κ2) is 8.58. The summed E-state index contributed by atoms with van der Waals surface area (Å²) in [4.78, 5) is 46.5. The van der Waals surface area contributed by atoms with Gasteiger partial charge in [-0.1, -0.05) is 12.1 Å². The summed E-state index contributed by atoms with van der Waals surface area (Å²) in [6.07, 6.45) is 0. The Morgan fingerprint density at radius 2 is 0.958 bits per heavy atom. The molecule has 0 saturated carbocycles. The molecule has 2 aromatic carbocycles. The smallest absolute Gasteiger partial charge is 0.545 e. The third-order valence-electron chi connectivity index (χ3n) is 3.49. The van der Waals surface area contributed by atoms with E-state index in [0.29, 0.717) is 0 Å². The van der Waals surface area contributed by atoms with Crippen molar-refractivity contribution in [2.45, 2.75) is 0 Å². The predicted molar refractivity (Wildman–Crippen MR) is 68.4 cm³/mol. The summed E-state index contributed by atoms with van der Waals surface area (Å²) in [5, 5.41) is 21.7. The number of hydrogen-bond acceptors (Lipinski definition) is 6. The van der Waals surface area contributed by atoms with Gasteiger partial charge in [0.15, 0.2) is 11.6 Å². The molecule has 0 radical (unpaired) electrons. The van der Waals surface area contributed by atoms with Gasteiger partial charge in [0.25, 0.3) is 0 Å². The Bertz CT molecular complexity index is 815. The van der Waals surface area contributed by atoms with Gasteiger partial charge >= 0.3 is 103 Å². The summed E-state index contributed by atoms with van der Waals surface area (Å²) in [5.41, 5.74) is -0.457. The van der Waals surface area contributed by atoms with E-state index in [4.69, 9.17) is 0 Å². The average molecular weight is 372 g/mol. The second-order valence-electron chi connectivity index (χ2n) is 4.75. The van der Waals surface area contributed by atoms with Crippen LogP contribution in [0.5, 0.6) is 0 Å². The zero-order chi connectivity index (χ0) is 16.0. The largest absolute Gasteiger partial charge is 1.00 e. The maximum Gasteiger partial charge on any atom is 1.00 e. The summed E-state index contributed by atoms with van der Waals surface area (Å²) in [6.45, 7) is 0. The van der Waals surface area contributed by atoms with Gasteiger partial charge in [-0.2, -0.15) is 0 Å². The Morgan fingerprint density at radius 3 is 1.25 bits per heavy atom. The molecular weight excluding hydrogens is 366 g/mol. The van der Waals surface area contributed by atoms with Crippen LogP contribution in [0.15, 0.2) is 36.4 Å². The van der Waals surface area contributed by atoms with Crippen LogP contribution in [-0.4, -0.2) is 23.5 Å². The Morgan fingerprint density at radius 1 is 0.625 bits per heavy atom. The van der Waals surface area contributed by atoms with Gasteiger partial charge in [-0.05, 0) is 35.4 Å². The standard InChI is InChI=1S/C16H8O6.2K/c17-13-9-3-1-7(15(19)20)5-11(9)14(18)10-4-2-8(16(21)22)6-12(10)13;;/h1-6H,(H,19,20)(H,21,22);;/q;2*+1/p-2. The van der Waals surface area contributed by atoms with Crippen LogP contribution in [0.2, 0.25) is 0 Å². The molecule has 0 bridgehead atoms. The van der Waals surface area contributed by atoms with E-state index < -0.39 is 23.5 Å². The molecule has 0 amide bonds. The van der Waals surface area contributed by atoms with Crippen molar-refractivity contribution in [2.75, 3.05) is 0 Å². The number of carbonyl (C=O) groups excluding carboxylic acids is 4. The topological polar surface area (TPSA) is 114 Å². The summed E-state index contributed by atoms with van der Waals surface area (Å²) in [5.74, 6) is -4.00. The van der Waals surface area contributed by atoms with E-state index in [-0.39, 0.29) is 136 Å². The van der Waals surface area contributed by atoms with Crippen LogP contribution in [0.25, 0.3) is 0 Å². The second-order valence-corrected chi connectivity index (χ2v) is 4.75. The SMILES string of the molecule is O=C([O-])c1ccc2c(c1)C(=O)c1ccc(C(=O)[O-])cc1C2=O.[K+].[K+]. The fourth-order valence-electron chi connectivity index (χ4n) is 2.40. The fourth-order valence-corrected chi connectivity index (χ4v) is 2.40. The number of fused-ring (bicyclic) bond motifs is 2. The number of carboxylic acid groups (broad SMARTS) is 2. The Kier molecular flexibility index (Phi) is 7.88. The normalized spacial score (nSPS) is 11.5. The van der Waals surface area contributed by atoms with Crippen LogP contribution in [0.1, 0.15) is 52.6 Å². The van der Waals surface area contributed by atoms with E-state index >= 15 is 0 Å². The van der Waals surface area contributed by atoms with Gasteiger partial charge < -0.3 is 19.8 Å². The quantitative estimate of drug-likeness (QED) is 0.413. The van der Waals surface area contributed by atoms with E-state index in [1.54, 1.807) is 0 Å². The molecule has 0 aromatic heterocycles. The van der Waals surface area contributed by atoms with Crippen LogP contribution in [0, 0.1) is 0 Å².